The molecule has 0 aromatic carbocycles. The predicted octanol–water partition coefficient (Wildman–Crippen LogP) is 2.71. The predicted molar refractivity (Wildman–Crippen MR) is 84.4 cm³/mol. The highest BCUT2D eigenvalue weighted by molar-refractivity contribution is 6.31. The van der Waals surface area contributed by atoms with Crippen molar-refractivity contribution in [1.82, 2.24) is 25.1 Å². The number of aryl methyl sites for hydroxylation is 2. The molecule has 0 saturated heterocycles. The van der Waals surface area contributed by atoms with Crippen LogP contribution in [0.1, 0.15) is 43.5 Å². The van der Waals surface area contributed by atoms with E-state index in [-0.39, 0.29) is 6.04 Å². The summed E-state index contributed by atoms with van der Waals surface area (Å²) in [6, 6.07) is 1.87. The van der Waals surface area contributed by atoms with Crippen LogP contribution in [0, 0.1) is 0 Å². The van der Waals surface area contributed by atoms with Gasteiger partial charge in [-0.15, -0.1) is 0 Å². The van der Waals surface area contributed by atoms with Crippen molar-refractivity contribution >= 4 is 11.6 Å². The van der Waals surface area contributed by atoms with E-state index >= 15 is 0 Å². The summed E-state index contributed by atoms with van der Waals surface area (Å²) in [4.78, 5) is 8.74. The van der Waals surface area contributed by atoms with Crippen LogP contribution >= 0.6 is 11.6 Å². The van der Waals surface area contributed by atoms with Gasteiger partial charge in [0.1, 0.15) is 5.82 Å². The van der Waals surface area contributed by atoms with E-state index in [1.165, 1.54) is 0 Å². The monoisotopic (exact) mass is 307 g/mol. The first-order valence-corrected chi connectivity index (χ1v) is 7.75. The minimum atomic E-state index is 0.0451. The van der Waals surface area contributed by atoms with Crippen molar-refractivity contribution < 1.29 is 0 Å². The number of rotatable bonds is 7. The molecule has 0 aliphatic carbocycles. The van der Waals surface area contributed by atoms with Gasteiger partial charge in [-0.3, -0.25) is 4.68 Å². The van der Waals surface area contributed by atoms with E-state index in [0.29, 0.717) is 0 Å². The SMILES string of the molecule is CCCNC(Cc1c(Cl)c(CC)nn1C)c1ncccn1. The van der Waals surface area contributed by atoms with Gasteiger partial charge in [-0.2, -0.15) is 5.10 Å². The van der Waals surface area contributed by atoms with Gasteiger partial charge < -0.3 is 5.32 Å². The average Bonchev–Trinajstić information content (AvgIpc) is 2.79. The van der Waals surface area contributed by atoms with E-state index < -0.39 is 0 Å². The van der Waals surface area contributed by atoms with E-state index in [1.807, 2.05) is 17.8 Å². The van der Waals surface area contributed by atoms with Gasteiger partial charge >= 0.3 is 0 Å². The second kappa shape index (κ2) is 7.52. The fourth-order valence-electron chi connectivity index (χ4n) is 2.30. The van der Waals surface area contributed by atoms with Crippen LogP contribution in [0.5, 0.6) is 0 Å². The highest BCUT2D eigenvalue weighted by atomic mass is 35.5. The van der Waals surface area contributed by atoms with Crippen molar-refractivity contribution in [3.63, 3.8) is 0 Å². The van der Waals surface area contributed by atoms with Gasteiger partial charge in [-0.25, -0.2) is 9.97 Å². The Morgan fingerprint density at radius 3 is 2.57 bits per heavy atom. The fraction of sp³-hybridized carbons (Fsp3) is 0.533. The molecule has 0 saturated carbocycles. The van der Waals surface area contributed by atoms with Gasteiger partial charge in [0.05, 0.1) is 22.5 Å². The van der Waals surface area contributed by atoms with E-state index in [4.69, 9.17) is 11.6 Å². The van der Waals surface area contributed by atoms with Crippen LogP contribution in [0.15, 0.2) is 18.5 Å². The molecule has 21 heavy (non-hydrogen) atoms. The molecule has 0 amide bonds. The van der Waals surface area contributed by atoms with E-state index in [1.54, 1.807) is 12.4 Å². The molecule has 0 aliphatic rings. The van der Waals surface area contributed by atoms with Crippen molar-refractivity contribution in [1.29, 1.82) is 0 Å². The molecule has 2 rings (SSSR count). The molecule has 0 bridgehead atoms. The number of nitrogens with one attached hydrogen (secondary N) is 1. The summed E-state index contributed by atoms with van der Waals surface area (Å²) in [7, 11) is 1.93. The van der Waals surface area contributed by atoms with Crippen molar-refractivity contribution in [2.75, 3.05) is 6.54 Å². The Kier molecular flexibility index (Phi) is 5.70. The zero-order valence-electron chi connectivity index (χ0n) is 12.8. The zero-order valence-corrected chi connectivity index (χ0v) is 13.6. The number of hydrogen-bond donors (Lipinski definition) is 1. The second-order valence-corrected chi connectivity index (χ2v) is 5.38. The molecule has 0 fully saturated rings. The van der Waals surface area contributed by atoms with Crippen molar-refractivity contribution in [3.05, 3.63) is 40.7 Å². The van der Waals surface area contributed by atoms with Crippen LogP contribution in [0.2, 0.25) is 5.02 Å². The largest absolute Gasteiger partial charge is 0.307 e. The quantitative estimate of drug-likeness (QED) is 0.854. The topological polar surface area (TPSA) is 55.6 Å². The lowest BCUT2D eigenvalue weighted by Gasteiger charge is -2.17. The number of hydrogen-bond acceptors (Lipinski definition) is 4. The van der Waals surface area contributed by atoms with Gasteiger partial charge in [-0.05, 0) is 25.5 Å². The lowest BCUT2D eigenvalue weighted by Crippen LogP contribution is -2.26. The molecule has 5 nitrogen and oxygen atoms in total. The summed E-state index contributed by atoms with van der Waals surface area (Å²) in [5.41, 5.74) is 1.96. The summed E-state index contributed by atoms with van der Waals surface area (Å²) >= 11 is 6.44. The molecule has 1 unspecified atom stereocenters. The maximum Gasteiger partial charge on any atom is 0.145 e. The molecule has 1 atom stereocenters. The van der Waals surface area contributed by atoms with E-state index in [0.717, 1.165) is 48.0 Å². The molecular weight excluding hydrogens is 286 g/mol. The third-order valence-corrected chi connectivity index (χ3v) is 3.87. The Labute approximate surface area is 130 Å². The lowest BCUT2D eigenvalue weighted by atomic mass is 10.1. The molecule has 1 N–H and O–H groups in total. The number of halogens is 1. The molecule has 0 aliphatic heterocycles. The summed E-state index contributed by atoms with van der Waals surface area (Å²) < 4.78 is 1.87. The third-order valence-electron chi connectivity index (χ3n) is 3.44. The summed E-state index contributed by atoms with van der Waals surface area (Å²) in [5.74, 6) is 0.793. The minimum absolute atomic E-state index is 0.0451. The molecule has 6 heteroatoms. The summed E-state index contributed by atoms with van der Waals surface area (Å²) in [5, 5.41) is 8.73. The summed E-state index contributed by atoms with van der Waals surface area (Å²) in [6.45, 7) is 5.12. The first-order chi connectivity index (χ1) is 10.2. The van der Waals surface area contributed by atoms with Crippen LogP contribution in [-0.4, -0.2) is 26.3 Å². The van der Waals surface area contributed by atoms with Crippen LogP contribution < -0.4 is 5.32 Å². The average molecular weight is 308 g/mol. The van der Waals surface area contributed by atoms with Gasteiger partial charge in [0, 0.05) is 25.9 Å². The van der Waals surface area contributed by atoms with Crippen molar-refractivity contribution in [2.45, 2.75) is 39.2 Å². The van der Waals surface area contributed by atoms with Crippen LogP contribution in [0.4, 0.5) is 0 Å². The van der Waals surface area contributed by atoms with Crippen LogP contribution in [0.25, 0.3) is 0 Å². The van der Waals surface area contributed by atoms with Gasteiger partial charge in [0.25, 0.3) is 0 Å². The maximum absolute atomic E-state index is 6.44. The van der Waals surface area contributed by atoms with Crippen LogP contribution in [0.3, 0.4) is 0 Å². The smallest absolute Gasteiger partial charge is 0.145 e. The Bertz CT molecular complexity index is 567. The second-order valence-electron chi connectivity index (χ2n) is 5.00. The standard InChI is InChI=1S/C15H22ClN5/c1-4-7-17-12(15-18-8-6-9-19-15)10-13-14(16)11(5-2)20-21(13)3/h6,8-9,12,17H,4-5,7,10H2,1-3H3. The Balaban J connectivity index is 2.25. The number of nitrogens with zero attached hydrogens (tertiary/aromatic N) is 4. The maximum atomic E-state index is 6.44. The first kappa shape index (κ1) is 15.9. The fourth-order valence-corrected chi connectivity index (χ4v) is 2.67. The van der Waals surface area contributed by atoms with Gasteiger partial charge in [0.2, 0.25) is 0 Å². The third kappa shape index (κ3) is 3.80. The van der Waals surface area contributed by atoms with E-state index in [9.17, 15) is 0 Å². The number of aromatic nitrogens is 4. The highest BCUT2D eigenvalue weighted by Crippen LogP contribution is 2.25. The molecule has 2 heterocycles. The van der Waals surface area contributed by atoms with E-state index in [2.05, 4.69) is 34.2 Å². The van der Waals surface area contributed by atoms with Gasteiger partial charge in [0.15, 0.2) is 0 Å². The highest BCUT2D eigenvalue weighted by Gasteiger charge is 2.20. The Morgan fingerprint density at radius 2 is 2.00 bits per heavy atom. The molecule has 0 spiro atoms. The normalized spacial score (nSPS) is 12.6. The molecule has 114 valence electrons. The Morgan fingerprint density at radius 1 is 1.29 bits per heavy atom. The van der Waals surface area contributed by atoms with Crippen molar-refractivity contribution in [3.8, 4) is 0 Å². The molecular formula is C15H22ClN5. The zero-order chi connectivity index (χ0) is 15.2. The molecule has 2 aromatic heterocycles. The molecule has 0 radical (unpaired) electrons. The first-order valence-electron chi connectivity index (χ1n) is 7.37. The Hall–Kier alpha value is -1.46. The lowest BCUT2D eigenvalue weighted by molar-refractivity contribution is 0.490. The minimum Gasteiger partial charge on any atom is -0.307 e. The molecule has 2 aromatic rings. The van der Waals surface area contributed by atoms with Crippen LogP contribution in [-0.2, 0) is 19.9 Å². The van der Waals surface area contributed by atoms with Crippen molar-refractivity contribution in [2.24, 2.45) is 7.05 Å². The van der Waals surface area contributed by atoms with Gasteiger partial charge in [-0.1, -0.05) is 25.4 Å². The summed E-state index contributed by atoms with van der Waals surface area (Å²) in [6.07, 6.45) is 6.16.